The Bertz CT molecular complexity index is 620. The molecular formula is C14H11NO4. The third-order valence-electron chi connectivity index (χ3n) is 2.67. The SMILES string of the molecule is COc1cccc(C(=O)c2ccc([N+](=O)[O-])cc2)c1. The molecule has 0 bridgehead atoms. The lowest BCUT2D eigenvalue weighted by molar-refractivity contribution is -0.384. The molecular weight excluding hydrogens is 246 g/mol. The third kappa shape index (κ3) is 2.77. The number of methoxy groups -OCH3 is 1. The van der Waals surface area contributed by atoms with Crippen molar-refractivity contribution in [2.45, 2.75) is 0 Å². The zero-order valence-electron chi connectivity index (χ0n) is 10.2. The summed E-state index contributed by atoms with van der Waals surface area (Å²) in [6, 6.07) is 12.3. The van der Waals surface area contributed by atoms with E-state index in [4.69, 9.17) is 4.74 Å². The molecule has 0 fully saturated rings. The Morgan fingerprint density at radius 2 is 1.79 bits per heavy atom. The minimum Gasteiger partial charge on any atom is -0.497 e. The number of ketones is 1. The average molecular weight is 257 g/mol. The van der Waals surface area contributed by atoms with Gasteiger partial charge in [-0.05, 0) is 24.3 Å². The lowest BCUT2D eigenvalue weighted by atomic mass is 10.0. The van der Waals surface area contributed by atoms with E-state index in [2.05, 4.69) is 0 Å². The number of carbonyl (C=O) groups excluding carboxylic acids is 1. The van der Waals surface area contributed by atoms with Crippen LogP contribution in [0, 0.1) is 10.1 Å². The predicted molar refractivity (Wildman–Crippen MR) is 69.5 cm³/mol. The van der Waals surface area contributed by atoms with Crippen LogP contribution in [0.4, 0.5) is 5.69 Å². The summed E-state index contributed by atoms with van der Waals surface area (Å²) in [6.45, 7) is 0. The van der Waals surface area contributed by atoms with Crippen molar-refractivity contribution in [1.29, 1.82) is 0 Å². The highest BCUT2D eigenvalue weighted by Crippen LogP contribution is 2.18. The topological polar surface area (TPSA) is 69.4 Å². The van der Waals surface area contributed by atoms with E-state index < -0.39 is 4.92 Å². The first-order valence-electron chi connectivity index (χ1n) is 5.55. The van der Waals surface area contributed by atoms with Gasteiger partial charge < -0.3 is 4.74 Å². The molecule has 0 aliphatic heterocycles. The van der Waals surface area contributed by atoms with Gasteiger partial charge in [-0.3, -0.25) is 14.9 Å². The van der Waals surface area contributed by atoms with E-state index in [1.165, 1.54) is 31.4 Å². The van der Waals surface area contributed by atoms with Crippen LogP contribution in [0.25, 0.3) is 0 Å². The molecule has 2 rings (SSSR count). The highest BCUT2D eigenvalue weighted by atomic mass is 16.6. The lowest BCUT2D eigenvalue weighted by Crippen LogP contribution is -2.01. The van der Waals surface area contributed by atoms with Crippen LogP contribution in [0.1, 0.15) is 15.9 Å². The average Bonchev–Trinajstić information content (AvgIpc) is 2.46. The number of hydrogen-bond acceptors (Lipinski definition) is 4. The second kappa shape index (κ2) is 5.30. The third-order valence-corrected chi connectivity index (χ3v) is 2.67. The van der Waals surface area contributed by atoms with E-state index in [1.54, 1.807) is 24.3 Å². The molecule has 0 saturated heterocycles. The molecule has 2 aromatic rings. The van der Waals surface area contributed by atoms with Gasteiger partial charge in [-0.15, -0.1) is 0 Å². The molecule has 0 aromatic heterocycles. The van der Waals surface area contributed by atoms with Crippen LogP contribution in [0.3, 0.4) is 0 Å². The van der Waals surface area contributed by atoms with Crippen LogP contribution >= 0.6 is 0 Å². The number of ether oxygens (including phenoxy) is 1. The van der Waals surface area contributed by atoms with Crippen molar-refractivity contribution in [1.82, 2.24) is 0 Å². The minimum atomic E-state index is -0.500. The number of nitro benzene ring substituents is 1. The molecule has 0 aliphatic rings. The summed E-state index contributed by atoms with van der Waals surface area (Å²) in [5, 5.41) is 10.5. The van der Waals surface area contributed by atoms with E-state index in [0.29, 0.717) is 16.9 Å². The summed E-state index contributed by atoms with van der Waals surface area (Å²) < 4.78 is 5.05. The Hall–Kier alpha value is -2.69. The molecule has 2 aromatic carbocycles. The lowest BCUT2D eigenvalue weighted by Gasteiger charge is -2.03. The number of nitrogens with zero attached hydrogens (tertiary/aromatic N) is 1. The molecule has 0 atom stereocenters. The number of benzene rings is 2. The van der Waals surface area contributed by atoms with Crippen molar-refractivity contribution in [2.24, 2.45) is 0 Å². The van der Waals surface area contributed by atoms with Crippen LogP contribution in [-0.2, 0) is 0 Å². The van der Waals surface area contributed by atoms with Gasteiger partial charge in [-0.2, -0.15) is 0 Å². The monoisotopic (exact) mass is 257 g/mol. The van der Waals surface area contributed by atoms with Gasteiger partial charge in [0.15, 0.2) is 5.78 Å². The number of nitro groups is 1. The number of non-ortho nitro benzene ring substituents is 1. The Morgan fingerprint density at radius 3 is 2.37 bits per heavy atom. The first-order chi connectivity index (χ1) is 9.11. The maximum Gasteiger partial charge on any atom is 0.269 e. The van der Waals surface area contributed by atoms with E-state index in [0.717, 1.165) is 0 Å². The summed E-state index contributed by atoms with van der Waals surface area (Å²) in [5.41, 5.74) is 0.842. The maximum absolute atomic E-state index is 12.2. The van der Waals surface area contributed by atoms with Gasteiger partial charge in [-0.1, -0.05) is 12.1 Å². The van der Waals surface area contributed by atoms with Crippen molar-refractivity contribution in [2.75, 3.05) is 7.11 Å². The standard InChI is InChI=1S/C14H11NO4/c1-19-13-4-2-3-11(9-13)14(16)10-5-7-12(8-6-10)15(17)18/h2-9H,1H3. The van der Waals surface area contributed by atoms with E-state index in [-0.39, 0.29) is 11.5 Å². The smallest absolute Gasteiger partial charge is 0.269 e. The molecule has 0 aliphatic carbocycles. The largest absolute Gasteiger partial charge is 0.497 e. The minimum absolute atomic E-state index is 0.0396. The predicted octanol–water partition coefficient (Wildman–Crippen LogP) is 2.83. The second-order valence-corrected chi connectivity index (χ2v) is 3.87. The Morgan fingerprint density at radius 1 is 1.11 bits per heavy atom. The van der Waals surface area contributed by atoms with Gasteiger partial charge in [0.1, 0.15) is 5.75 Å². The molecule has 0 saturated carbocycles. The fourth-order valence-corrected chi connectivity index (χ4v) is 1.67. The van der Waals surface area contributed by atoms with Gasteiger partial charge in [0.2, 0.25) is 0 Å². The first-order valence-corrected chi connectivity index (χ1v) is 5.55. The fourth-order valence-electron chi connectivity index (χ4n) is 1.67. The van der Waals surface area contributed by atoms with Gasteiger partial charge in [0.25, 0.3) is 5.69 Å². The second-order valence-electron chi connectivity index (χ2n) is 3.87. The number of hydrogen-bond donors (Lipinski definition) is 0. The highest BCUT2D eigenvalue weighted by Gasteiger charge is 2.12. The molecule has 0 unspecified atom stereocenters. The van der Waals surface area contributed by atoms with Gasteiger partial charge in [0.05, 0.1) is 12.0 Å². The van der Waals surface area contributed by atoms with E-state index in [9.17, 15) is 14.9 Å². The zero-order valence-corrected chi connectivity index (χ0v) is 10.2. The molecule has 0 radical (unpaired) electrons. The quantitative estimate of drug-likeness (QED) is 0.479. The molecule has 0 amide bonds. The van der Waals surface area contributed by atoms with E-state index >= 15 is 0 Å². The molecule has 0 spiro atoms. The molecule has 19 heavy (non-hydrogen) atoms. The molecule has 5 nitrogen and oxygen atoms in total. The number of carbonyl (C=O) groups is 1. The molecule has 5 heteroatoms. The summed E-state index contributed by atoms with van der Waals surface area (Å²) in [4.78, 5) is 22.2. The zero-order chi connectivity index (χ0) is 13.8. The summed E-state index contributed by atoms with van der Waals surface area (Å²) in [6.07, 6.45) is 0. The van der Waals surface area contributed by atoms with Crippen LogP contribution in [-0.4, -0.2) is 17.8 Å². The Labute approximate surface area is 109 Å². The van der Waals surface area contributed by atoms with Crippen LogP contribution in [0.2, 0.25) is 0 Å². The maximum atomic E-state index is 12.2. The van der Waals surface area contributed by atoms with Crippen molar-refractivity contribution in [3.8, 4) is 5.75 Å². The Kier molecular flexibility index (Phi) is 3.56. The van der Waals surface area contributed by atoms with Crippen LogP contribution in [0.5, 0.6) is 5.75 Å². The van der Waals surface area contributed by atoms with Gasteiger partial charge in [-0.25, -0.2) is 0 Å². The fraction of sp³-hybridized carbons (Fsp3) is 0.0714. The summed E-state index contributed by atoms with van der Waals surface area (Å²) in [7, 11) is 1.52. The molecule has 0 N–H and O–H groups in total. The van der Waals surface area contributed by atoms with Crippen molar-refractivity contribution in [3.63, 3.8) is 0 Å². The Balaban J connectivity index is 2.30. The van der Waals surface area contributed by atoms with Crippen molar-refractivity contribution >= 4 is 11.5 Å². The van der Waals surface area contributed by atoms with E-state index in [1.807, 2.05) is 0 Å². The van der Waals surface area contributed by atoms with Crippen LogP contribution in [0.15, 0.2) is 48.5 Å². The summed E-state index contributed by atoms with van der Waals surface area (Å²) >= 11 is 0. The molecule has 96 valence electrons. The van der Waals surface area contributed by atoms with Gasteiger partial charge >= 0.3 is 0 Å². The van der Waals surface area contributed by atoms with Crippen molar-refractivity contribution < 1.29 is 14.5 Å². The van der Waals surface area contributed by atoms with Gasteiger partial charge in [0, 0.05) is 23.3 Å². The first kappa shape index (κ1) is 12.8. The van der Waals surface area contributed by atoms with Crippen molar-refractivity contribution in [3.05, 3.63) is 69.8 Å². The van der Waals surface area contributed by atoms with Crippen LogP contribution < -0.4 is 4.74 Å². The number of rotatable bonds is 4. The summed E-state index contributed by atoms with van der Waals surface area (Å²) in [5.74, 6) is 0.390. The highest BCUT2D eigenvalue weighted by molar-refractivity contribution is 6.09. The normalized spacial score (nSPS) is 9.95. The molecule has 0 heterocycles.